The number of benzene rings is 1. The molecule has 0 fully saturated rings. The van der Waals surface area contributed by atoms with Crippen molar-refractivity contribution in [3.8, 4) is 5.75 Å². The highest BCUT2D eigenvalue weighted by Crippen LogP contribution is 2.16. The molecule has 0 heterocycles. The van der Waals surface area contributed by atoms with Crippen LogP contribution < -0.4 is 4.74 Å². The van der Waals surface area contributed by atoms with E-state index >= 15 is 0 Å². The number of hydrogen-bond acceptors (Lipinski definition) is 6. The summed E-state index contributed by atoms with van der Waals surface area (Å²) in [6, 6.07) is 7.42. The highest BCUT2D eigenvalue weighted by molar-refractivity contribution is 5.75. The van der Waals surface area contributed by atoms with Crippen LogP contribution in [0.4, 0.5) is 0 Å². The van der Waals surface area contributed by atoms with E-state index in [4.69, 9.17) is 14.2 Å². The van der Waals surface area contributed by atoms with Gasteiger partial charge in [0.25, 0.3) is 0 Å². The van der Waals surface area contributed by atoms with Gasteiger partial charge in [-0.25, -0.2) is 0 Å². The molecule has 1 aromatic rings. The monoisotopic (exact) mass is 366 g/mol. The summed E-state index contributed by atoms with van der Waals surface area (Å²) >= 11 is 0. The van der Waals surface area contributed by atoms with Gasteiger partial charge in [0.05, 0.1) is 31.8 Å². The molecular formula is C20H30O6. The van der Waals surface area contributed by atoms with Crippen LogP contribution in [0.15, 0.2) is 36.4 Å². The number of methoxy groups -OCH3 is 1. The third-order valence-corrected chi connectivity index (χ3v) is 3.70. The molecule has 1 aromatic carbocycles. The van der Waals surface area contributed by atoms with Crippen molar-refractivity contribution in [2.75, 3.05) is 20.3 Å². The topological polar surface area (TPSA) is 85.2 Å². The largest absolute Gasteiger partial charge is 0.497 e. The first-order chi connectivity index (χ1) is 12.3. The van der Waals surface area contributed by atoms with Crippen LogP contribution in [0.25, 0.3) is 0 Å². The zero-order valence-corrected chi connectivity index (χ0v) is 16.0. The third-order valence-electron chi connectivity index (χ3n) is 3.70. The molecular weight excluding hydrogens is 336 g/mol. The number of aliphatic hydroxyl groups is 2. The lowest BCUT2D eigenvalue weighted by molar-refractivity contribution is -0.151. The normalized spacial score (nSPS) is 14.2. The molecule has 0 saturated carbocycles. The van der Waals surface area contributed by atoms with Crippen LogP contribution in [0.1, 0.15) is 32.8 Å². The Morgan fingerprint density at radius 1 is 1.19 bits per heavy atom. The Bertz CT molecular complexity index is 559. The van der Waals surface area contributed by atoms with E-state index in [1.54, 1.807) is 40.0 Å². The maximum absolute atomic E-state index is 11.7. The molecule has 6 nitrogen and oxygen atoms in total. The first-order valence-electron chi connectivity index (χ1n) is 8.63. The maximum atomic E-state index is 11.7. The molecule has 6 heteroatoms. The van der Waals surface area contributed by atoms with Crippen molar-refractivity contribution in [1.82, 2.24) is 0 Å². The number of carbonyl (C=O) groups is 1. The van der Waals surface area contributed by atoms with Gasteiger partial charge >= 0.3 is 5.97 Å². The van der Waals surface area contributed by atoms with Gasteiger partial charge in [-0.2, -0.15) is 0 Å². The fourth-order valence-electron chi connectivity index (χ4n) is 2.02. The molecule has 0 saturated heterocycles. The minimum atomic E-state index is -0.991. The lowest BCUT2D eigenvalue weighted by Crippen LogP contribution is -2.31. The maximum Gasteiger partial charge on any atom is 0.311 e. The van der Waals surface area contributed by atoms with E-state index in [0.717, 1.165) is 11.3 Å². The van der Waals surface area contributed by atoms with Crippen molar-refractivity contribution in [2.24, 2.45) is 5.41 Å². The van der Waals surface area contributed by atoms with Crippen LogP contribution in [-0.4, -0.2) is 48.7 Å². The highest BCUT2D eigenvalue weighted by Gasteiger charge is 2.22. The lowest BCUT2D eigenvalue weighted by Gasteiger charge is -2.21. The number of carbonyl (C=O) groups excluding carboxylic acids is 1. The Balaban J connectivity index is 2.48. The Morgan fingerprint density at radius 2 is 1.85 bits per heavy atom. The van der Waals surface area contributed by atoms with Crippen molar-refractivity contribution >= 4 is 5.97 Å². The van der Waals surface area contributed by atoms with Crippen LogP contribution in [0, 0.1) is 5.41 Å². The lowest BCUT2D eigenvalue weighted by atomic mass is 9.97. The molecule has 0 radical (unpaired) electrons. The van der Waals surface area contributed by atoms with Gasteiger partial charge in [-0.15, -0.1) is 0 Å². The fourth-order valence-corrected chi connectivity index (χ4v) is 2.02. The van der Waals surface area contributed by atoms with Crippen LogP contribution in [-0.2, 0) is 20.9 Å². The van der Waals surface area contributed by atoms with Gasteiger partial charge in [-0.3, -0.25) is 4.79 Å². The van der Waals surface area contributed by atoms with Crippen molar-refractivity contribution in [3.63, 3.8) is 0 Å². The fraction of sp³-hybridized carbons (Fsp3) is 0.550. The van der Waals surface area contributed by atoms with Crippen molar-refractivity contribution in [1.29, 1.82) is 0 Å². The van der Waals surface area contributed by atoms with Gasteiger partial charge in [0, 0.05) is 0 Å². The smallest absolute Gasteiger partial charge is 0.311 e. The predicted molar refractivity (Wildman–Crippen MR) is 98.8 cm³/mol. The number of hydrogen-bond donors (Lipinski definition) is 2. The summed E-state index contributed by atoms with van der Waals surface area (Å²) in [5, 5.41) is 19.1. The van der Waals surface area contributed by atoms with E-state index < -0.39 is 17.6 Å². The van der Waals surface area contributed by atoms with E-state index in [1.807, 2.05) is 24.3 Å². The second kappa shape index (κ2) is 11.0. The first kappa shape index (κ1) is 22.2. The van der Waals surface area contributed by atoms with Crippen LogP contribution in [0.2, 0.25) is 0 Å². The molecule has 26 heavy (non-hydrogen) atoms. The van der Waals surface area contributed by atoms with E-state index in [0.29, 0.717) is 13.0 Å². The molecule has 0 spiro atoms. The first-order valence-corrected chi connectivity index (χ1v) is 8.63. The quantitative estimate of drug-likeness (QED) is 0.489. The van der Waals surface area contributed by atoms with Crippen LogP contribution >= 0.6 is 0 Å². The van der Waals surface area contributed by atoms with E-state index in [-0.39, 0.29) is 19.2 Å². The van der Waals surface area contributed by atoms with Crippen molar-refractivity contribution in [3.05, 3.63) is 42.0 Å². The molecule has 0 bridgehead atoms. The number of rotatable bonds is 10. The van der Waals surface area contributed by atoms with Gasteiger partial charge in [0.2, 0.25) is 0 Å². The Labute approximate surface area is 155 Å². The Morgan fingerprint density at radius 3 is 2.38 bits per heavy atom. The molecule has 0 aliphatic carbocycles. The highest BCUT2D eigenvalue weighted by atomic mass is 16.5. The average molecular weight is 366 g/mol. The second-order valence-corrected chi connectivity index (χ2v) is 7.00. The third kappa shape index (κ3) is 7.99. The zero-order valence-electron chi connectivity index (χ0n) is 16.0. The SMILES string of the molecule is COc1ccc(COC(C/C=C/COC(=O)C(C)(C)C)C(O)CO)cc1. The number of aliphatic hydroxyl groups excluding tert-OH is 2. The summed E-state index contributed by atoms with van der Waals surface area (Å²) in [6.45, 7) is 5.45. The van der Waals surface area contributed by atoms with Crippen LogP contribution in [0.3, 0.4) is 0 Å². The van der Waals surface area contributed by atoms with E-state index in [1.165, 1.54) is 0 Å². The summed E-state index contributed by atoms with van der Waals surface area (Å²) in [4.78, 5) is 11.7. The van der Waals surface area contributed by atoms with Gasteiger partial charge in [0.1, 0.15) is 18.5 Å². The summed E-state index contributed by atoms with van der Waals surface area (Å²) in [5.74, 6) is 0.485. The molecule has 1 rings (SSSR count). The Hall–Kier alpha value is -1.89. The standard InChI is InChI=1S/C20H30O6/c1-20(2,3)19(23)25-12-6-5-7-18(17(22)13-21)26-14-15-8-10-16(24-4)11-9-15/h5-6,8-11,17-18,21-22H,7,12-14H2,1-4H3/b6-5+. The summed E-state index contributed by atoms with van der Waals surface area (Å²) < 4.78 is 16.0. The van der Waals surface area contributed by atoms with Gasteiger partial charge in [-0.05, 0) is 44.9 Å². The summed E-state index contributed by atoms with van der Waals surface area (Å²) in [7, 11) is 1.60. The van der Waals surface area contributed by atoms with E-state index in [9.17, 15) is 15.0 Å². The molecule has 146 valence electrons. The molecule has 2 atom stereocenters. The predicted octanol–water partition coefficient (Wildman–Crippen LogP) is 2.47. The van der Waals surface area contributed by atoms with E-state index in [2.05, 4.69) is 0 Å². The Kier molecular flexibility index (Phi) is 9.34. The molecule has 0 aromatic heterocycles. The molecule has 0 aliphatic rings. The number of ether oxygens (including phenoxy) is 3. The molecule has 2 N–H and O–H groups in total. The summed E-state index contributed by atoms with van der Waals surface area (Å²) in [5.41, 5.74) is 0.398. The molecule has 2 unspecified atom stereocenters. The minimum Gasteiger partial charge on any atom is -0.497 e. The van der Waals surface area contributed by atoms with Gasteiger partial charge in [-0.1, -0.05) is 24.3 Å². The zero-order chi connectivity index (χ0) is 19.6. The van der Waals surface area contributed by atoms with Gasteiger partial charge in [0.15, 0.2) is 0 Å². The minimum absolute atomic E-state index is 0.163. The van der Waals surface area contributed by atoms with Crippen LogP contribution in [0.5, 0.6) is 5.75 Å². The molecule has 0 amide bonds. The molecule has 0 aliphatic heterocycles. The van der Waals surface area contributed by atoms with Crippen molar-refractivity contribution in [2.45, 2.75) is 46.0 Å². The summed E-state index contributed by atoms with van der Waals surface area (Å²) in [6.07, 6.45) is 2.32. The number of esters is 1. The average Bonchev–Trinajstić information content (AvgIpc) is 2.62. The van der Waals surface area contributed by atoms with Gasteiger partial charge < -0.3 is 24.4 Å². The van der Waals surface area contributed by atoms with Crippen molar-refractivity contribution < 1.29 is 29.2 Å². The second-order valence-electron chi connectivity index (χ2n) is 7.00.